The lowest BCUT2D eigenvalue weighted by Crippen LogP contribution is -2.25. The van der Waals surface area contributed by atoms with E-state index in [9.17, 15) is 0 Å². The Kier molecular flexibility index (Phi) is 3.69. The Labute approximate surface area is 110 Å². The Morgan fingerprint density at radius 2 is 2.06 bits per heavy atom. The molecule has 0 fully saturated rings. The molecule has 18 heavy (non-hydrogen) atoms. The van der Waals surface area contributed by atoms with Crippen LogP contribution in [-0.4, -0.2) is 19.7 Å². The van der Waals surface area contributed by atoms with Crippen molar-refractivity contribution < 1.29 is 4.74 Å². The first-order valence-electron chi connectivity index (χ1n) is 6.66. The summed E-state index contributed by atoms with van der Waals surface area (Å²) in [7, 11) is 1.71. The smallest absolute Gasteiger partial charge is 0.121 e. The van der Waals surface area contributed by atoms with Crippen molar-refractivity contribution in [1.82, 2.24) is 0 Å². The molecular weight excluding hydrogens is 224 g/mol. The standard InChI is InChI=1S/C15H24N2O/c1-15(2,3)10-11-7-8-16-13-6-5-12(18-4)9-14(13)17-11/h5-6,9,11,16-17H,7-8,10H2,1-4H3. The Hall–Kier alpha value is -1.38. The zero-order valence-electron chi connectivity index (χ0n) is 11.8. The first-order chi connectivity index (χ1) is 8.48. The molecule has 1 aliphatic rings. The van der Waals surface area contributed by atoms with Crippen LogP contribution in [0.1, 0.15) is 33.6 Å². The fourth-order valence-corrected chi connectivity index (χ4v) is 2.49. The highest BCUT2D eigenvalue weighted by atomic mass is 16.5. The van der Waals surface area contributed by atoms with E-state index in [0.717, 1.165) is 24.4 Å². The monoisotopic (exact) mass is 248 g/mol. The van der Waals surface area contributed by atoms with Crippen LogP contribution in [0.2, 0.25) is 0 Å². The number of hydrogen-bond acceptors (Lipinski definition) is 3. The minimum atomic E-state index is 0.348. The average Bonchev–Trinajstić information content (AvgIpc) is 2.47. The summed E-state index contributed by atoms with van der Waals surface area (Å²) in [6.07, 6.45) is 2.32. The maximum absolute atomic E-state index is 5.29. The van der Waals surface area contributed by atoms with E-state index in [4.69, 9.17) is 4.74 Å². The van der Waals surface area contributed by atoms with Crippen molar-refractivity contribution in [3.8, 4) is 5.75 Å². The second-order valence-corrected chi connectivity index (χ2v) is 6.23. The third-order valence-corrected chi connectivity index (χ3v) is 3.25. The third kappa shape index (κ3) is 3.31. The van der Waals surface area contributed by atoms with Crippen LogP contribution < -0.4 is 15.4 Å². The van der Waals surface area contributed by atoms with Crippen molar-refractivity contribution in [2.24, 2.45) is 5.41 Å². The van der Waals surface area contributed by atoms with Gasteiger partial charge in [0, 0.05) is 18.7 Å². The van der Waals surface area contributed by atoms with Gasteiger partial charge in [0.05, 0.1) is 18.5 Å². The highest BCUT2D eigenvalue weighted by Crippen LogP contribution is 2.32. The van der Waals surface area contributed by atoms with Gasteiger partial charge < -0.3 is 15.4 Å². The van der Waals surface area contributed by atoms with Crippen molar-refractivity contribution in [2.45, 2.75) is 39.7 Å². The molecule has 0 bridgehead atoms. The predicted octanol–water partition coefficient (Wildman–Crippen LogP) is 3.73. The maximum atomic E-state index is 5.29. The number of fused-ring (bicyclic) bond motifs is 1. The lowest BCUT2D eigenvalue weighted by atomic mass is 9.87. The van der Waals surface area contributed by atoms with Crippen LogP contribution in [0, 0.1) is 5.41 Å². The van der Waals surface area contributed by atoms with E-state index in [1.807, 2.05) is 6.07 Å². The van der Waals surface area contributed by atoms with Gasteiger partial charge in [-0.15, -0.1) is 0 Å². The molecule has 2 rings (SSSR count). The largest absolute Gasteiger partial charge is 0.497 e. The number of rotatable bonds is 2. The summed E-state index contributed by atoms with van der Waals surface area (Å²) in [6, 6.07) is 6.67. The SMILES string of the molecule is COc1ccc2c(c1)NC(CC(C)(C)C)CCN2. The van der Waals surface area contributed by atoms with E-state index >= 15 is 0 Å². The minimum Gasteiger partial charge on any atom is -0.497 e. The Morgan fingerprint density at radius 3 is 2.72 bits per heavy atom. The number of anilines is 2. The molecule has 0 saturated heterocycles. The van der Waals surface area contributed by atoms with Gasteiger partial charge in [0.15, 0.2) is 0 Å². The van der Waals surface area contributed by atoms with Crippen molar-refractivity contribution in [1.29, 1.82) is 0 Å². The third-order valence-electron chi connectivity index (χ3n) is 3.25. The van der Waals surface area contributed by atoms with E-state index in [1.54, 1.807) is 7.11 Å². The minimum absolute atomic E-state index is 0.348. The van der Waals surface area contributed by atoms with Gasteiger partial charge in [0.25, 0.3) is 0 Å². The maximum Gasteiger partial charge on any atom is 0.121 e. The first kappa shape index (κ1) is 13.1. The lowest BCUT2D eigenvalue weighted by molar-refractivity contribution is 0.345. The summed E-state index contributed by atoms with van der Waals surface area (Å²) in [5, 5.41) is 7.12. The molecule has 100 valence electrons. The number of ether oxygens (including phenoxy) is 1. The number of benzene rings is 1. The molecule has 1 atom stereocenters. The highest BCUT2D eigenvalue weighted by molar-refractivity contribution is 5.71. The van der Waals surface area contributed by atoms with Gasteiger partial charge in [-0.1, -0.05) is 20.8 Å². The summed E-state index contributed by atoms with van der Waals surface area (Å²) in [4.78, 5) is 0. The quantitative estimate of drug-likeness (QED) is 0.836. The molecule has 1 unspecified atom stereocenters. The zero-order chi connectivity index (χ0) is 13.2. The van der Waals surface area contributed by atoms with Crippen LogP contribution in [0.15, 0.2) is 18.2 Å². The van der Waals surface area contributed by atoms with Gasteiger partial charge in [0.1, 0.15) is 5.75 Å². The Bertz CT molecular complexity index is 409. The molecule has 0 aliphatic carbocycles. The lowest BCUT2D eigenvalue weighted by Gasteiger charge is -2.26. The first-order valence-corrected chi connectivity index (χ1v) is 6.66. The fourth-order valence-electron chi connectivity index (χ4n) is 2.49. The molecule has 1 aromatic rings. The molecule has 3 heteroatoms. The Morgan fingerprint density at radius 1 is 1.28 bits per heavy atom. The zero-order valence-corrected chi connectivity index (χ0v) is 11.8. The fraction of sp³-hybridized carbons (Fsp3) is 0.600. The van der Waals surface area contributed by atoms with E-state index in [0.29, 0.717) is 11.5 Å². The van der Waals surface area contributed by atoms with E-state index < -0.39 is 0 Å². The van der Waals surface area contributed by atoms with Crippen LogP contribution in [-0.2, 0) is 0 Å². The van der Waals surface area contributed by atoms with E-state index in [-0.39, 0.29) is 0 Å². The van der Waals surface area contributed by atoms with Crippen molar-refractivity contribution in [3.05, 3.63) is 18.2 Å². The molecule has 1 heterocycles. The summed E-state index contributed by atoms with van der Waals surface area (Å²) >= 11 is 0. The van der Waals surface area contributed by atoms with Crippen LogP contribution in [0.3, 0.4) is 0 Å². The molecule has 0 aromatic heterocycles. The average molecular weight is 248 g/mol. The van der Waals surface area contributed by atoms with Crippen molar-refractivity contribution >= 4 is 11.4 Å². The molecule has 1 aromatic carbocycles. The van der Waals surface area contributed by atoms with Gasteiger partial charge in [-0.2, -0.15) is 0 Å². The van der Waals surface area contributed by atoms with Crippen LogP contribution in [0.5, 0.6) is 5.75 Å². The topological polar surface area (TPSA) is 33.3 Å². The normalized spacial score (nSPS) is 19.2. The molecule has 2 N–H and O–H groups in total. The molecule has 3 nitrogen and oxygen atoms in total. The van der Waals surface area contributed by atoms with Crippen LogP contribution in [0.4, 0.5) is 11.4 Å². The number of hydrogen-bond donors (Lipinski definition) is 2. The molecular formula is C15H24N2O. The molecule has 0 saturated carbocycles. The van der Waals surface area contributed by atoms with E-state index in [2.05, 4.69) is 43.5 Å². The molecule has 0 radical (unpaired) electrons. The summed E-state index contributed by atoms with van der Waals surface area (Å²) in [6.45, 7) is 7.89. The van der Waals surface area contributed by atoms with Crippen LogP contribution in [0.25, 0.3) is 0 Å². The summed E-state index contributed by atoms with van der Waals surface area (Å²) < 4.78 is 5.29. The van der Waals surface area contributed by atoms with Gasteiger partial charge in [0.2, 0.25) is 0 Å². The number of methoxy groups -OCH3 is 1. The molecule has 0 amide bonds. The molecule has 1 aliphatic heterocycles. The molecule has 0 spiro atoms. The summed E-state index contributed by atoms with van der Waals surface area (Å²) in [5.74, 6) is 0.902. The van der Waals surface area contributed by atoms with Gasteiger partial charge in [-0.25, -0.2) is 0 Å². The predicted molar refractivity (Wildman–Crippen MR) is 77.6 cm³/mol. The van der Waals surface area contributed by atoms with Crippen molar-refractivity contribution in [3.63, 3.8) is 0 Å². The van der Waals surface area contributed by atoms with Crippen molar-refractivity contribution in [2.75, 3.05) is 24.3 Å². The highest BCUT2D eigenvalue weighted by Gasteiger charge is 2.21. The second kappa shape index (κ2) is 5.09. The van der Waals surface area contributed by atoms with Gasteiger partial charge >= 0.3 is 0 Å². The number of nitrogens with one attached hydrogen (secondary N) is 2. The van der Waals surface area contributed by atoms with E-state index in [1.165, 1.54) is 12.1 Å². The Balaban J connectivity index is 2.17. The summed E-state index contributed by atoms with van der Waals surface area (Å²) in [5.41, 5.74) is 2.68. The van der Waals surface area contributed by atoms with Gasteiger partial charge in [-0.3, -0.25) is 0 Å². The second-order valence-electron chi connectivity index (χ2n) is 6.23. The van der Waals surface area contributed by atoms with Gasteiger partial charge in [-0.05, 0) is 30.4 Å². The van der Waals surface area contributed by atoms with Crippen LogP contribution >= 0.6 is 0 Å².